The van der Waals surface area contributed by atoms with Gasteiger partial charge in [-0.3, -0.25) is 4.79 Å². The molecular weight excluding hydrogens is 495 g/mol. The number of guanidine groups is 1. The fraction of sp³-hybridized carbons (Fsp3) is 0.364. The van der Waals surface area contributed by atoms with Crippen molar-refractivity contribution in [3.8, 4) is 0 Å². The quantitative estimate of drug-likeness (QED) is 0.228. The Morgan fingerprint density at radius 3 is 2.03 bits per heavy atom. The maximum absolute atomic E-state index is 11.9. The van der Waals surface area contributed by atoms with Crippen molar-refractivity contribution in [2.75, 3.05) is 45.7 Å². The van der Waals surface area contributed by atoms with Crippen LogP contribution in [0.1, 0.15) is 17.0 Å². The standard InChI is InChI=1S/C22H30N4OS.HI/c1-26(2)21(27)17-25-22(23-14-15-28-3)24-16-20(18-10-6-4-7-11-18)19-12-8-5-9-13-19;/h4-13,20H,14-17H2,1-3H3,(H2,23,24,25);1H. The predicted molar refractivity (Wildman–Crippen MR) is 136 cm³/mol. The number of halogens is 1. The Hall–Kier alpha value is -1.74. The number of carbonyl (C=O) groups is 1. The Balaban J connectivity index is 0.00000420. The minimum atomic E-state index is -0.0198. The van der Waals surface area contributed by atoms with Gasteiger partial charge in [-0.05, 0) is 17.4 Å². The Morgan fingerprint density at radius 1 is 1.00 bits per heavy atom. The average molecular weight is 526 g/mol. The fourth-order valence-corrected chi connectivity index (χ4v) is 3.04. The highest BCUT2D eigenvalue weighted by atomic mass is 127. The van der Waals surface area contributed by atoms with Crippen molar-refractivity contribution >= 4 is 47.6 Å². The van der Waals surface area contributed by atoms with E-state index in [9.17, 15) is 4.79 Å². The third-order valence-electron chi connectivity index (χ3n) is 4.35. The molecule has 158 valence electrons. The molecule has 29 heavy (non-hydrogen) atoms. The normalized spacial score (nSPS) is 11.0. The first-order valence-corrected chi connectivity index (χ1v) is 10.8. The van der Waals surface area contributed by atoms with Crippen molar-refractivity contribution in [2.24, 2.45) is 4.99 Å². The molecule has 0 saturated heterocycles. The summed E-state index contributed by atoms with van der Waals surface area (Å²) in [5.41, 5.74) is 2.49. The molecule has 0 radical (unpaired) electrons. The van der Waals surface area contributed by atoms with Crippen LogP contribution < -0.4 is 10.6 Å². The van der Waals surface area contributed by atoms with E-state index in [2.05, 4.69) is 70.4 Å². The number of nitrogens with one attached hydrogen (secondary N) is 2. The molecule has 1 amide bonds. The Bertz CT molecular complexity index is 701. The second kappa shape index (κ2) is 14.3. The molecule has 0 fully saturated rings. The van der Waals surface area contributed by atoms with Gasteiger partial charge in [0, 0.05) is 38.9 Å². The number of hydrogen-bond acceptors (Lipinski definition) is 3. The summed E-state index contributed by atoms with van der Waals surface area (Å²) in [6.07, 6.45) is 2.07. The van der Waals surface area contributed by atoms with Crippen molar-refractivity contribution in [2.45, 2.75) is 5.92 Å². The summed E-state index contributed by atoms with van der Waals surface area (Å²) in [5.74, 6) is 1.82. The highest BCUT2D eigenvalue weighted by molar-refractivity contribution is 14.0. The summed E-state index contributed by atoms with van der Waals surface area (Å²) in [7, 11) is 3.49. The van der Waals surface area contributed by atoms with Gasteiger partial charge < -0.3 is 15.5 Å². The second-order valence-electron chi connectivity index (χ2n) is 6.63. The van der Waals surface area contributed by atoms with E-state index in [0.29, 0.717) is 12.5 Å². The maximum atomic E-state index is 11.9. The van der Waals surface area contributed by atoms with Gasteiger partial charge in [0.25, 0.3) is 0 Å². The first-order valence-electron chi connectivity index (χ1n) is 9.43. The van der Waals surface area contributed by atoms with E-state index < -0.39 is 0 Å². The number of thioether (sulfide) groups is 1. The summed E-state index contributed by atoms with van der Waals surface area (Å²) < 4.78 is 0. The molecule has 0 heterocycles. The molecule has 2 aromatic rings. The molecule has 0 aliphatic carbocycles. The number of rotatable bonds is 9. The summed E-state index contributed by atoms with van der Waals surface area (Å²) in [5, 5.41) is 6.75. The average Bonchev–Trinajstić information content (AvgIpc) is 2.73. The lowest BCUT2D eigenvalue weighted by atomic mass is 9.91. The topological polar surface area (TPSA) is 56.7 Å². The van der Waals surface area contributed by atoms with Crippen molar-refractivity contribution < 1.29 is 4.79 Å². The number of benzene rings is 2. The van der Waals surface area contributed by atoms with Crippen LogP contribution in [0.25, 0.3) is 0 Å². The lowest BCUT2D eigenvalue weighted by molar-refractivity contribution is -0.127. The van der Waals surface area contributed by atoms with Crippen LogP contribution in [0.3, 0.4) is 0 Å². The first-order chi connectivity index (χ1) is 13.6. The third kappa shape index (κ3) is 9.08. The van der Waals surface area contributed by atoms with E-state index in [1.165, 1.54) is 11.1 Å². The summed E-state index contributed by atoms with van der Waals surface area (Å²) >= 11 is 1.77. The van der Waals surface area contributed by atoms with Gasteiger partial charge in [-0.2, -0.15) is 11.8 Å². The van der Waals surface area contributed by atoms with Gasteiger partial charge in [-0.1, -0.05) is 60.7 Å². The van der Waals surface area contributed by atoms with Gasteiger partial charge in [0.1, 0.15) is 6.54 Å². The largest absolute Gasteiger partial charge is 0.356 e. The lowest BCUT2D eigenvalue weighted by Crippen LogP contribution is -2.41. The molecule has 7 heteroatoms. The summed E-state index contributed by atoms with van der Waals surface area (Å²) in [6, 6.07) is 20.9. The van der Waals surface area contributed by atoms with Crippen molar-refractivity contribution in [3.63, 3.8) is 0 Å². The van der Waals surface area contributed by atoms with Gasteiger partial charge in [0.15, 0.2) is 5.96 Å². The van der Waals surface area contributed by atoms with Crippen LogP contribution in [0.2, 0.25) is 0 Å². The smallest absolute Gasteiger partial charge is 0.243 e. The van der Waals surface area contributed by atoms with E-state index >= 15 is 0 Å². The van der Waals surface area contributed by atoms with Crippen molar-refractivity contribution in [3.05, 3.63) is 71.8 Å². The Kier molecular flexibility index (Phi) is 12.5. The highest BCUT2D eigenvalue weighted by Gasteiger charge is 2.14. The molecule has 5 nitrogen and oxygen atoms in total. The summed E-state index contributed by atoms with van der Waals surface area (Å²) in [6.45, 7) is 1.61. The number of carbonyl (C=O) groups excluding carboxylic acids is 1. The molecular formula is C22H31IN4OS. The molecule has 0 atom stereocenters. The zero-order valence-corrected chi connectivity index (χ0v) is 20.4. The molecule has 0 bridgehead atoms. The van der Waals surface area contributed by atoms with E-state index in [-0.39, 0.29) is 42.3 Å². The highest BCUT2D eigenvalue weighted by Crippen LogP contribution is 2.23. The number of nitrogens with zero attached hydrogens (tertiary/aromatic N) is 2. The maximum Gasteiger partial charge on any atom is 0.243 e. The Morgan fingerprint density at radius 2 is 1.55 bits per heavy atom. The van der Waals surface area contributed by atoms with Crippen LogP contribution in [0.5, 0.6) is 0 Å². The van der Waals surface area contributed by atoms with E-state index in [4.69, 9.17) is 0 Å². The van der Waals surface area contributed by atoms with Crippen LogP contribution in [0.15, 0.2) is 65.7 Å². The lowest BCUT2D eigenvalue weighted by Gasteiger charge is -2.21. The number of amides is 1. The van der Waals surface area contributed by atoms with Gasteiger partial charge in [-0.25, -0.2) is 4.99 Å². The molecule has 0 saturated carbocycles. The monoisotopic (exact) mass is 526 g/mol. The third-order valence-corrected chi connectivity index (χ3v) is 4.96. The van der Waals surface area contributed by atoms with Crippen LogP contribution in [-0.2, 0) is 4.79 Å². The molecule has 0 unspecified atom stereocenters. The number of hydrogen-bond donors (Lipinski definition) is 2. The molecule has 2 rings (SSSR count). The van der Waals surface area contributed by atoms with Gasteiger partial charge in [0.05, 0.1) is 0 Å². The zero-order valence-electron chi connectivity index (χ0n) is 17.3. The van der Waals surface area contributed by atoms with E-state index in [1.54, 1.807) is 30.8 Å². The van der Waals surface area contributed by atoms with Gasteiger partial charge in [-0.15, -0.1) is 24.0 Å². The minimum Gasteiger partial charge on any atom is -0.356 e. The Labute approximate surface area is 195 Å². The van der Waals surface area contributed by atoms with Crippen molar-refractivity contribution in [1.29, 1.82) is 0 Å². The van der Waals surface area contributed by atoms with Crippen LogP contribution in [-0.4, -0.2) is 62.5 Å². The van der Waals surface area contributed by atoms with Crippen LogP contribution >= 0.6 is 35.7 Å². The van der Waals surface area contributed by atoms with Crippen LogP contribution in [0.4, 0.5) is 0 Å². The van der Waals surface area contributed by atoms with Crippen LogP contribution in [0, 0.1) is 0 Å². The van der Waals surface area contributed by atoms with Crippen molar-refractivity contribution in [1.82, 2.24) is 15.5 Å². The minimum absolute atomic E-state index is 0. The first kappa shape index (κ1) is 25.3. The SMILES string of the molecule is CSCCNC(=NCC(=O)N(C)C)NCC(c1ccccc1)c1ccccc1.I. The predicted octanol–water partition coefficient (Wildman–Crippen LogP) is 3.42. The number of likely N-dealkylation sites (N-methyl/N-ethyl adjacent to an activating group) is 1. The molecule has 2 N–H and O–H groups in total. The molecule has 0 spiro atoms. The second-order valence-corrected chi connectivity index (χ2v) is 7.61. The van der Waals surface area contributed by atoms with E-state index in [1.807, 2.05) is 12.1 Å². The molecule has 0 aliphatic heterocycles. The molecule has 0 aliphatic rings. The van der Waals surface area contributed by atoms with Gasteiger partial charge in [0.2, 0.25) is 5.91 Å². The van der Waals surface area contributed by atoms with Gasteiger partial charge >= 0.3 is 0 Å². The molecule has 0 aromatic heterocycles. The molecule has 2 aromatic carbocycles. The summed E-state index contributed by atoms with van der Waals surface area (Å²) in [4.78, 5) is 17.9. The number of aliphatic imine (C=N–C) groups is 1. The zero-order chi connectivity index (χ0) is 20.2. The fourth-order valence-electron chi connectivity index (χ4n) is 2.73. The van der Waals surface area contributed by atoms with E-state index in [0.717, 1.165) is 12.3 Å².